The van der Waals surface area contributed by atoms with Crippen LogP contribution in [0, 0.1) is 0 Å². The van der Waals surface area contributed by atoms with Gasteiger partial charge in [-0.2, -0.15) is 0 Å². The van der Waals surface area contributed by atoms with Crippen molar-refractivity contribution in [2.24, 2.45) is 0 Å². The van der Waals surface area contributed by atoms with Crippen LogP contribution in [-0.4, -0.2) is 35.6 Å². The molecule has 3 rings (SSSR count). The summed E-state index contributed by atoms with van der Waals surface area (Å²) in [6, 6.07) is 17.9. The molecular formula is C19H22ClNSe. The number of rotatable bonds is 3. The molecule has 1 aliphatic rings. The summed E-state index contributed by atoms with van der Waals surface area (Å²) in [6.07, 6.45) is 3.58. The molecule has 1 heterocycles. The average molecular weight is 379 g/mol. The van der Waals surface area contributed by atoms with E-state index in [2.05, 4.69) is 68.7 Å². The molecule has 0 saturated heterocycles. The zero-order valence-corrected chi connectivity index (χ0v) is 15.6. The molecule has 2 aromatic rings. The number of hydrogen-bond donors (Lipinski definition) is 1. The van der Waals surface area contributed by atoms with Gasteiger partial charge in [-0.1, -0.05) is 0 Å². The van der Waals surface area contributed by atoms with Crippen molar-refractivity contribution >= 4 is 25.0 Å². The van der Waals surface area contributed by atoms with Crippen LogP contribution in [0.5, 0.6) is 0 Å². The van der Waals surface area contributed by atoms with E-state index >= 15 is 0 Å². The van der Waals surface area contributed by atoms with Gasteiger partial charge in [0.05, 0.1) is 0 Å². The van der Waals surface area contributed by atoms with Gasteiger partial charge >= 0.3 is 134 Å². The summed E-state index contributed by atoms with van der Waals surface area (Å²) in [6.45, 7) is 1.18. The number of halogens is 1. The molecule has 0 amide bonds. The molecule has 0 aliphatic carbocycles. The molecule has 3 heteroatoms. The van der Waals surface area contributed by atoms with Crippen LogP contribution in [-0.2, 0) is 5.32 Å². The summed E-state index contributed by atoms with van der Waals surface area (Å²) < 4.78 is 1.55. The van der Waals surface area contributed by atoms with Gasteiger partial charge in [-0.25, -0.2) is 0 Å². The fourth-order valence-corrected chi connectivity index (χ4v) is 5.00. The molecule has 1 N–H and O–H groups in total. The van der Waals surface area contributed by atoms with Crippen molar-refractivity contribution in [3.8, 4) is 0 Å². The second kappa shape index (κ2) is 7.99. The summed E-state index contributed by atoms with van der Waals surface area (Å²) in [5, 5.41) is 1.20. The van der Waals surface area contributed by atoms with Crippen LogP contribution < -0.4 is 21.8 Å². The van der Waals surface area contributed by atoms with Crippen molar-refractivity contribution in [1.82, 2.24) is 0 Å². The Morgan fingerprint density at radius 2 is 1.68 bits per heavy atom. The van der Waals surface area contributed by atoms with Crippen LogP contribution in [0.1, 0.15) is 23.1 Å². The van der Waals surface area contributed by atoms with Crippen molar-refractivity contribution in [2.75, 3.05) is 20.6 Å². The maximum absolute atomic E-state index is 2.45. The predicted octanol–water partition coefficient (Wildman–Crippen LogP) is -1.50. The third-order valence-corrected chi connectivity index (χ3v) is 6.22. The predicted molar refractivity (Wildman–Crippen MR) is 91.3 cm³/mol. The molecule has 0 unspecified atom stereocenters. The van der Waals surface area contributed by atoms with E-state index in [-0.39, 0.29) is 12.4 Å². The van der Waals surface area contributed by atoms with Gasteiger partial charge in [-0.05, 0) is 0 Å². The molecule has 116 valence electrons. The first-order chi connectivity index (χ1) is 10.3. The number of nitrogens with one attached hydrogen (secondary N) is 1. The minimum absolute atomic E-state index is 0. The van der Waals surface area contributed by atoms with E-state index in [1.807, 2.05) is 0 Å². The maximum atomic E-state index is 2.45. The first kappa shape index (κ1) is 17.3. The average Bonchev–Trinajstić information content (AvgIpc) is 2.65. The van der Waals surface area contributed by atoms with E-state index in [0.29, 0.717) is 15.0 Å². The van der Waals surface area contributed by atoms with Crippen molar-refractivity contribution in [3.63, 3.8) is 0 Å². The Hall–Kier alpha value is -1.05. The monoisotopic (exact) mass is 379 g/mol. The van der Waals surface area contributed by atoms with Gasteiger partial charge in [0.2, 0.25) is 0 Å². The molecule has 0 bridgehead atoms. The minimum Gasteiger partial charge on any atom is -1.00 e. The Labute approximate surface area is 146 Å². The van der Waals surface area contributed by atoms with E-state index in [1.165, 1.54) is 39.0 Å². The quantitative estimate of drug-likeness (QED) is 0.620. The molecule has 1 nitrogen and oxygen atoms in total. The first-order valence-corrected chi connectivity index (χ1v) is 9.62. The summed E-state index contributed by atoms with van der Waals surface area (Å²) in [7, 11) is 4.44. The van der Waals surface area contributed by atoms with Gasteiger partial charge in [0.1, 0.15) is 0 Å². The van der Waals surface area contributed by atoms with Gasteiger partial charge in [0.15, 0.2) is 0 Å². The summed E-state index contributed by atoms with van der Waals surface area (Å²) in [5.74, 6) is 0. The molecule has 0 spiro atoms. The van der Waals surface area contributed by atoms with E-state index in [4.69, 9.17) is 0 Å². The molecule has 0 radical (unpaired) electrons. The largest absolute Gasteiger partial charge is 1.00 e. The standard InChI is InChI=1S/C19H21NSe.ClH/c1-20(2)13-7-11-17-16-9-4-3-8-15(16)14-21-19-12-6-5-10-18(17)19;/h3-6,8-12H,7,13-14H2,1-2H3;1H/b17-11-;. The summed E-state index contributed by atoms with van der Waals surface area (Å²) in [5.41, 5.74) is 5.85. The van der Waals surface area contributed by atoms with Gasteiger partial charge in [-0.3, -0.25) is 0 Å². The Kier molecular flexibility index (Phi) is 6.28. The minimum atomic E-state index is 0. The molecular weight excluding hydrogens is 357 g/mol. The second-order valence-electron chi connectivity index (χ2n) is 5.81. The normalized spacial score (nSPS) is 15.0. The maximum Gasteiger partial charge on any atom is -1.00 e. The zero-order chi connectivity index (χ0) is 14.7. The number of quaternary nitrogens is 1. The van der Waals surface area contributed by atoms with Crippen LogP contribution >= 0.6 is 0 Å². The Morgan fingerprint density at radius 1 is 1.00 bits per heavy atom. The molecule has 22 heavy (non-hydrogen) atoms. The molecule has 0 aromatic heterocycles. The van der Waals surface area contributed by atoms with Crippen molar-refractivity contribution in [3.05, 3.63) is 71.3 Å². The van der Waals surface area contributed by atoms with Crippen LogP contribution in [0.25, 0.3) is 5.57 Å². The van der Waals surface area contributed by atoms with Crippen LogP contribution in [0.3, 0.4) is 0 Å². The molecule has 0 atom stereocenters. The summed E-state index contributed by atoms with van der Waals surface area (Å²) >= 11 is 0.537. The van der Waals surface area contributed by atoms with Crippen molar-refractivity contribution in [2.45, 2.75) is 11.7 Å². The number of benzene rings is 2. The smallest absolute Gasteiger partial charge is 1.00 e. The molecule has 0 saturated carbocycles. The molecule has 1 aliphatic heterocycles. The van der Waals surface area contributed by atoms with E-state index in [1.54, 1.807) is 4.46 Å². The second-order valence-corrected chi connectivity index (χ2v) is 7.94. The Morgan fingerprint density at radius 3 is 2.45 bits per heavy atom. The van der Waals surface area contributed by atoms with E-state index in [9.17, 15) is 0 Å². The fourth-order valence-electron chi connectivity index (χ4n) is 2.75. The first-order valence-electron chi connectivity index (χ1n) is 7.55. The fraction of sp³-hybridized carbons (Fsp3) is 0.263. The number of fused-ring (bicyclic) bond motifs is 2. The third-order valence-electron chi connectivity index (χ3n) is 3.86. The molecule has 0 fully saturated rings. The van der Waals surface area contributed by atoms with E-state index < -0.39 is 0 Å². The SMILES string of the molecule is C[NH+](C)CC/C=C1/c2ccccc2C[Se]c2ccccc21.[Cl-]. The topological polar surface area (TPSA) is 4.44 Å². The third kappa shape index (κ3) is 3.83. The van der Waals surface area contributed by atoms with Gasteiger partial charge in [0.25, 0.3) is 0 Å². The number of hydrogen-bond acceptors (Lipinski definition) is 0. The van der Waals surface area contributed by atoms with Gasteiger partial charge in [0, 0.05) is 0 Å². The van der Waals surface area contributed by atoms with Crippen LogP contribution in [0.2, 0.25) is 0 Å². The van der Waals surface area contributed by atoms with Crippen LogP contribution in [0.4, 0.5) is 0 Å². The zero-order valence-electron chi connectivity index (χ0n) is 13.1. The van der Waals surface area contributed by atoms with E-state index in [0.717, 1.165) is 6.42 Å². The van der Waals surface area contributed by atoms with Gasteiger partial charge < -0.3 is 12.4 Å². The van der Waals surface area contributed by atoms with Crippen molar-refractivity contribution < 1.29 is 17.3 Å². The Bertz CT molecular complexity index is 614. The van der Waals surface area contributed by atoms with Crippen LogP contribution in [0.15, 0.2) is 54.6 Å². The van der Waals surface area contributed by atoms with Gasteiger partial charge in [-0.15, -0.1) is 0 Å². The van der Waals surface area contributed by atoms with Crippen molar-refractivity contribution in [1.29, 1.82) is 0 Å². The Balaban J connectivity index is 0.00000176. The summed E-state index contributed by atoms with van der Waals surface area (Å²) in [4.78, 5) is 1.51. The molecule has 2 aromatic carbocycles.